The van der Waals surface area contributed by atoms with E-state index in [0.29, 0.717) is 11.7 Å². The lowest BCUT2D eigenvalue weighted by molar-refractivity contribution is 0.0490. The van der Waals surface area contributed by atoms with E-state index in [-0.39, 0.29) is 12.1 Å². The van der Waals surface area contributed by atoms with Gasteiger partial charge >= 0.3 is 13.2 Å². The molecule has 7 nitrogen and oxygen atoms in total. The summed E-state index contributed by atoms with van der Waals surface area (Å²) in [4.78, 5) is 19.5. The van der Waals surface area contributed by atoms with Gasteiger partial charge in [-0.25, -0.2) is 9.78 Å². The number of pyridine rings is 1. The Kier molecular flexibility index (Phi) is 4.83. The molecule has 0 atom stereocenters. The van der Waals surface area contributed by atoms with Gasteiger partial charge in [-0.1, -0.05) is 0 Å². The van der Waals surface area contributed by atoms with Gasteiger partial charge in [0.25, 0.3) is 0 Å². The topological polar surface area (TPSA) is 96.5 Å². The number of amides is 1. The second-order valence-corrected chi connectivity index (χ2v) is 8.56. The van der Waals surface area contributed by atoms with Crippen molar-refractivity contribution in [1.82, 2.24) is 15.3 Å². The van der Waals surface area contributed by atoms with Gasteiger partial charge in [0.15, 0.2) is 0 Å². The van der Waals surface area contributed by atoms with E-state index in [9.17, 15) is 9.82 Å². The van der Waals surface area contributed by atoms with Gasteiger partial charge in [0, 0.05) is 23.2 Å². The van der Waals surface area contributed by atoms with E-state index in [1.165, 1.54) is 0 Å². The number of aromatic amines is 1. The molecule has 28 heavy (non-hydrogen) atoms. The monoisotopic (exact) mass is 383 g/mol. The molecule has 0 spiro atoms. The summed E-state index contributed by atoms with van der Waals surface area (Å²) in [7, 11) is -0.960. The number of ether oxygens (including phenoxy) is 1. The predicted molar refractivity (Wildman–Crippen MR) is 108 cm³/mol. The number of hydrogen-bond acceptors (Lipinski definition) is 5. The maximum absolute atomic E-state index is 12.0. The summed E-state index contributed by atoms with van der Waals surface area (Å²) < 4.78 is 10.9. The van der Waals surface area contributed by atoms with Crippen LogP contribution in [0.25, 0.3) is 16.6 Å². The molecular weight excluding hydrogens is 357 g/mol. The number of carbonyl (C=O) groups excluding carboxylic acids is 1. The van der Waals surface area contributed by atoms with E-state index in [4.69, 9.17) is 9.39 Å². The Morgan fingerprint density at radius 2 is 2.11 bits per heavy atom. The zero-order chi connectivity index (χ0) is 19.9. The molecule has 0 saturated heterocycles. The first-order valence-corrected chi connectivity index (χ1v) is 9.82. The number of nitrogens with zero attached hydrogens (tertiary/aromatic N) is 1. The minimum Gasteiger partial charge on any atom is -0.531 e. The zero-order valence-corrected chi connectivity index (χ0v) is 16.5. The molecule has 1 saturated carbocycles. The van der Waals surface area contributed by atoms with Gasteiger partial charge in [0.2, 0.25) is 0 Å². The normalized spacial score (nSPS) is 22.3. The molecule has 1 aliphatic carbocycles. The second-order valence-electron chi connectivity index (χ2n) is 8.56. The number of alkyl carbamates (subject to hydrolysis) is 1. The summed E-state index contributed by atoms with van der Waals surface area (Å²) >= 11 is 0. The van der Waals surface area contributed by atoms with Crippen molar-refractivity contribution in [3.63, 3.8) is 0 Å². The van der Waals surface area contributed by atoms with Crippen LogP contribution in [-0.2, 0) is 4.74 Å². The maximum atomic E-state index is 12.0. The highest BCUT2D eigenvalue weighted by Crippen LogP contribution is 2.43. The Morgan fingerprint density at radius 1 is 1.36 bits per heavy atom. The fraction of sp³-hybridized carbons (Fsp3) is 0.500. The van der Waals surface area contributed by atoms with Crippen molar-refractivity contribution < 1.29 is 19.2 Å². The molecule has 0 aromatic carbocycles. The van der Waals surface area contributed by atoms with Gasteiger partial charge in [0.05, 0.1) is 6.20 Å². The molecule has 0 unspecified atom stereocenters. The third kappa shape index (κ3) is 3.87. The van der Waals surface area contributed by atoms with Crippen LogP contribution in [0.3, 0.4) is 0 Å². The van der Waals surface area contributed by atoms with Crippen molar-refractivity contribution in [2.24, 2.45) is 5.92 Å². The van der Waals surface area contributed by atoms with E-state index >= 15 is 0 Å². The second kappa shape index (κ2) is 7.16. The Balaban J connectivity index is 1.48. The molecule has 3 N–H and O–H groups in total. The van der Waals surface area contributed by atoms with Crippen LogP contribution in [0.1, 0.15) is 52.0 Å². The van der Waals surface area contributed by atoms with Gasteiger partial charge in [-0.3, -0.25) is 0 Å². The molecule has 2 aliphatic rings. The zero-order valence-electron chi connectivity index (χ0n) is 16.5. The summed E-state index contributed by atoms with van der Waals surface area (Å²) in [6, 6.07) is 2.10. The number of hydrogen-bond donors (Lipinski definition) is 3. The van der Waals surface area contributed by atoms with Crippen LogP contribution < -0.4 is 9.97 Å². The van der Waals surface area contributed by atoms with Crippen LogP contribution in [-0.4, -0.2) is 39.8 Å². The van der Waals surface area contributed by atoms with Crippen molar-refractivity contribution in [3.05, 3.63) is 30.0 Å². The van der Waals surface area contributed by atoms with Crippen LogP contribution in [0.4, 0.5) is 4.79 Å². The number of allylic oxidation sites excluding steroid dienone is 1. The van der Waals surface area contributed by atoms with Crippen molar-refractivity contribution in [1.29, 1.82) is 0 Å². The van der Waals surface area contributed by atoms with Gasteiger partial charge in [-0.2, -0.15) is 0 Å². The van der Waals surface area contributed by atoms with E-state index in [2.05, 4.69) is 15.3 Å². The highest BCUT2D eigenvalue weighted by Gasteiger charge is 2.33. The number of carbonyl (C=O) groups is 1. The van der Waals surface area contributed by atoms with Crippen molar-refractivity contribution in [2.45, 2.75) is 58.1 Å². The molecule has 1 aliphatic heterocycles. The lowest BCUT2D eigenvalue weighted by atomic mass is 9.72. The first kappa shape index (κ1) is 18.9. The maximum Gasteiger partial charge on any atom is 0.552 e. The largest absolute Gasteiger partial charge is 0.552 e. The van der Waals surface area contributed by atoms with Gasteiger partial charge in [-0.05, 0) is 70.0 Å². The van der Waals surface area contributed by atoms with Gasteiger partial charge < -0.3 is 24.7 Å². The van der Waals surface area contributed by atoms with E-state index in [1.54, 1.807) is 12.2 Å². The van der Waals surface area contributed by atoms with Crippen LogP contribution in [0.2, 0.25) is 0 Å². The first-order valence-electron chi connectivity index (χ1n) is 9.82. The van der Waals surface area contributed by atoms with Crippen molar-refractivity contribution in [2.75, 3.05) is 0 Å². The van der Waals surface area contributed by atoms with Crippen molar-refractivity contribution >= 4 is 29.8 Å². The van der Waals surface area contributed by atoms with Gasteiger partial charge in [-0.15, -0.1) is 0 Å². The van der Waals surface area contributed by atoms with Gasteiger partial charge in [0.1, 0.15) is 17.0 Å². The summed E-state index contributed by atoms with van der Waals surface area (Å²) in [5.74, 6) is 2.72. The minimum atomic E-state index is -0.960. The highest BCUT2D eigenvalue weighted by molar-refractivity contribution is 6.52. The SMILES string of the molecule is CC(C)(C)OC(=O)NC1CCC(C2=CB(O)Oc3cnc4[nH]ccc4c32)CC1. The molecule has 2 aromatic heterocycles. The lowest BCUT2D eigenvalue weighted by Gasteiger charge is -2.33. The molecule has 3 heterocycles. The number of aromatic nitrogens is 2. The van der Waals surface area contributed by atoms with Crippen molar-refractivity contribution in [3.8, 4) is 5.75 Å². The van der Waals surface area contributed by atoms with E-state index < -0.39 is 12.7 Å². The minimum absolute atomic E-state index is 0.112. The molecule has 2 aromatic rings. The van der Waals surface area contributed by atoms with E-state index in [1.807, 2.05) is 33.0 Å². The summed E-state index contributed by atoms with van der Waals surface area (Å²) in [6.07, 6.45) is 6.76. The average Bonchev–Trinajstić information content (AvgIpc) is 3.08. The van der Waals surface area contributed by atoms with Crippen LogP contribution in [0.5, 0.6) is 5.75 Å². The Hall–Kier alpha value is -2.48. The first-order chi connectivity index (χ1) is 13.3. The summed E-state index contributed by atoms with van der Waals surface area (Å²) in [6.45, 7) is 5.58. The molecule has 148 valence electrons. The quantitative estimate of drug-likeness (QED) is 0.691. The number of nitrogens with one attached hydrogen (secondary N) is 2. The fourth-order valence-electron chi connectivity index (χ4n) is 4.14. The molecule has 1 fully saturated rings. The molecule has 0 bridgehead atoms. The fourth-order valence-corrected chi connectivity index (χ4v) is 4.14. The highest BCUT2D eigenvalue weighted by atomic mass is 16.6. The van der Waals surface area contributed by atoms with Crippen LogP contribution in [0.15, 0.2) is 24.4 Å². The molecular formula is C20H26BN3O4. The number of rotatable bonds is 2. The number of fused-ring (bicyclic) bond motifs is 3. The smallest absolute Gasteiger partial charge is 0.531 e. The molecule has 0 radical (unpaired) electrons. The predicted octanol–water partition coefficient (Wildman–Crippen LogP) is 3.44. The average molecular weight is 383 g/mol. The molecule has 8 heteroatoms. The van der Waals surface area contributed by atoms with Crippen LogP contribution in [0, 0.1) is 5.92 Å². The van der Waals surface area contributed by atoms with Crippen LogP contribution >= 0.6 is 0 Å². The Labute approximate surface area is 164 Å². The summed E-state index contributed by atoms with van der Waals surface area (Å²) in [5.41, 5.74) is 2.44. The number of H-pyrrole nitrogens is 1. The third-order valence-electron chi connectivity index (χ3n) is 5.30. The Morgan fingerprint density at radius 3 is 2.82 bits per heavy atom. The lowest BCUT2D eigenvalue weighted by Crippen LogP contribution is -2.41. The van der Waals surface area contributed by atoms with E-state index in [0.717, 1.165) is 47.9 Å². The Bertz CT molecular complexity index is 910. The molecule has 1 amide bonds. The standard InChI is InChI=1S/C20H26BN3O4/c1-20(2,3)27-19(25)24-13-6-4-12(5-7-13)15-10-21(26)28-16-11-23-18-14(17(15)16)8-9-22-18/h8-13,26H,4-7H2,1-3H3,(H,22,23)(H,24,25). The third-order valence-corrected chi connectivity index (χ3v) is 5.30. The molecule has 4 rings (SSSR count). The summed E-state index contributed by atoms with van der Waals surface area (Å²) in [5, 5.41) is 14.1.